The summed E-state index contributed by atoms with van der Waals surface area (Å²) in [6, 6.07) is 33.5. The average Bonchev–Trinajstić information content (AvgIpc) is 3.29. The number of para-hydroxylation sites is 3. The van der Waals surface area contributed by atoms with E-state index in [1.165, 1.54) is 0 Å². The van der Waals surface area contributed by atoms with Gasteiger partial charge < -0.3 is 10.2 Å². The van der Waals surface area contributed by atoms with Crippen LogP contribution in [0.2, 0.25) is 10.0 Å². The first kappa shape index (κ1) is 23.7. The molecule has 1 aromatic heterocycles. The van der Waals surface area contributed by atoms with E-state index in [1.807, 2.05) is 103 Å². The highest BCUT2D eigenvalue weighted by Crippen LogP contribution is 2.48. The van der Waals surface area contributed by atoms with Gasteiger partial charge in [0.25, 0.3) is 0 Å². The molecule has 190 valence electrons. The Kier molecular flexibility index (Phi) is 5.72. The molecule has 3 heterocycles. The molecule has 0 amide bonds. The Labute approximate surface area is 235 Å². The number of amidine groups is 2. The van der Waals surface area contributed by atoms with Gasteiger partial charge in [0.2, 0.25) is 0 Å². The average molecular weight is 549 g/mol. The molecule has 39 heavy (non-hydrogen) atoms. The van der Waals surface area contributed by atoms with Gasteiger partial charge in [-0.3, -0.25) is 0 Å². The van der Waals surface area contributed by atoms with Crippen LogP contribution in [-0.2, 0) is 0 Å². The standard InChI is InChI=1S/C31H22Cl2N6/c1-19-27-28(20-8-7-9-22(33)18-20)38-26-13-6-5-12-25(26)35-29(34-23-16-14-21(32)15-17-23)31(38)36-30(27)39(37-19)24-10-3-2-4-11-24/h2-18,28H,1H3,(H,34,35)/t28-/m1/s1. The van der Waals surface area contributed by atoms with Crippen molar-refractivity contribution in [3.8, 4) is 5.69 Å². The molecule has 1 atom stereocenters. The molecule has 7 rings (SSSR count). The zero-order valence-electron chi connectivity index (χ0n) is 20.9. The topological polar surface area (TPSA) is 57.8 Å². The van der Waals surface area contributed by atoms with E-state index in [9.17, 15) is 0 Å². The molecule has 0 saturated heterocycles. The highest BCUT2D eigenvalue weighted by Gasteiger charge is 2.41. The van der Waals surface area contributed by atoms with E-state index in [1.54, 1.807) is 0 Å². The van der Waals surface area contributed by atoms with E-state index >= 15 is 0 Å². The van der Waals surface area contributed by atoms with Crippen molar-refractivity contribution in [1.82, 2.24) is 9.78 Å². The minimum atomic E-state index is -0.234. The maximum atomic E-state index is 6.54. The quantitative estimate of drug-likeness (QED) is 0.246. The van der Waals surface area contributed by atoms with Crippen LogP contribution in [0.25, 0.3) is 5.69 Å². The monoisotopic (exact) mass is 548 g/mol. The number of aromatic nitrogens is 2. The van der Waals surface area contributed by atoms with Crippen molar-refractivity contribution in [2.24, 2.45) is 9.98 Å². The molecule has 6 nitrogen and oxygen atoms in total. The number of halogens is 2. The Morgan fingerprint density at radius 3 is 2.33 bits per heavy atom. The Morgan fingerprint density at radius 1 is 0.769 bits per heavy atom. The Bertz CT molecular complexity index is 1770. The normalized spacial score (nSPS) is 15.6. The molecule has 2 aliphatic rings. The third-order valence-electron chi connectivity index (χ3n) is 6.91. The molecule has 0 unspecified atom stereocenters. The fraction of sp³-hybridized carbons (Fsp3) is 0.0645. The number of hydrogen-bond donors (Lipinski definition) is 1. The summed E-state index contributed by atoms with van der Waals surface area (Å²) in [5.74, 6) is 2.09. The van der Waals surface area contributed by atoms with Crippen LogP contribution in [0.1, 0.15) is 22.9 Å². The van der Waals surface area contributed by atoms with E-state index in [4.69, 9.17) is 38.3 Å². The highest BCUT2D eigenvalue weighted by molar-refractivity contribution is 6.51. The third-order valence-corrected chi connectivity index (χ3v) is 7.40. The van der Waals surface area contributed by atoms with Gasteiger partial charge in [0.1, 0.15) is 0 Å². The maximum absolute atomic E-state index is 6.54. The molecule has 1 N–H and O–H groups in total. The largest absolute Gasteiger partial charge is 0.337 e. The van der Waals surface area contributed by atoms with Gasteiger partial charge in [-0.25, -0.2) is 14.7 Å². The van der Waals surface area contributed by atoms with Crippen molar-refractivity contribution in [1.29, 1.82) is 0 Å². The minimum absolute atomic E-state index is 0.234. The van der Waals surface area contributed by atoms with Crippen LogP contribution in [0.15, 0.2) is 113 Å². The lowest BCUT2D eigenvalue weighted by molar-refractivity contribution is 0.815. The predicted octanol–water partition coefficient (Wildman–Crippen LogP) is 8.28. The molecule has 0 spiro atoms. The van der Waals surface area contributed by atoms with Crippen LogP contribution in [0.3, 0.4) is 0 Å². The van der Waals surface area contributed by atoms with Crippen LogP contribution in [-0.4, -0.2) is 21.5 Å². The molecule has 0 saturated carbocycles. The van der Waals surface area contributed by atoms with E-state index in [-0.39, 0.29) is 6.04 Å². The van der Waals surface area contributed by atoms with Crippen molar-refractivity contribution in [3.05, 3.63) is 130 Å². The molecule has 0 bridgehead atoms. The molecule has 8 heteroatoms. The smallest absolute Gasteiger partial charge is 0.179 e. The van der Waals surface area contributed by atoms with Crippen LogP contribution >= 0.6 is 23.2 Å². The summed E-state index contributed by atoms with van der Waals surface area (Å²) < 4.78 is 1.91. The van der Waals surface area contributed by atoms with Gasteiger partial charge in [-0.2, -0.15) is 5.10 Å². The van der Waals surface area contributed by atoms with Crippen molar-refractivity contribution in [3.63, 3.8) is 0 Å². The molecular formula is C31H22Cl2N6. The van der Waals surface area contributed by atoms with Gasteiger partial charge >= 0.3 is 0 Å². The first-order valence-corrected chi connectivity index (χ1v) is 13.3. The van der Waals surface area contributed by atoms with Crippen molar-refractivity contribution in [2.45, 2.75) is 13.0 Å². The molecule has 4 aromatic carbocycles. The summed E-state index contributed by atoms with van der Waals surface area (Å²) in [4.78, 5) is 12.5. The first-order chi connectivity index (χ1) is 19.1. The Morgan fingerprint density at radius 2 is 1.54 bits per heavy atom. The van der Waals surface area contributed by atoms with Gasteiger partial charge in [-0.1, -0.05) is 65.7 Å². The summed E-state index contributed by atoms with van der Waals surface area (Å²) in [6.07, 6.45) is 0. The maximum Gasteiger partial charge on any atom is 0.179 e. The number of fused-ring (bicyclic) bond motifs is 4. The number of nitrogens with zero attached hydrogens (tertiary/aromatic N) is 5. The van der Waals surface area contributed by atoms with Gasteiger partial charge in [-0.05, 0) is 73.2 Å². The predicted molar refractivity (Wildman–Crippen MR) is 160 cm³/mol. The number of nitrogens with one attached hydrogen (secondary N) is 1. The second-order valence-electron chi connectivity index (χ2n) is 9.41. The highest BCUT2D eigenvalue weighted by atomic mass is 35.5. The Balaban J connectivity index is 1.50. The second kappa shape index (κ2) is 9.42. The molecular weight excluding hydrogens is 527 g/mol. The lowest BCUT2D eigenvalue weighted by atomic mass is 9.93. The van der Waals surface area contributed by atoms with Gasteiger partial charge in [0, 0.05) is 21.3 Å². The molecule has 0 fully saturated rings. The zero-order valence-corrected chi connectivity index (χ0v) is 22.4. The number of anilines is 2. The van der Waals surface area contributed by atoms with Crippen molar-refractivity contribution >= 4 is 57.8 Å². The fourth-order valence-corrected chi connectivity index (χ4v) is 5.53. The summed E-state index contributed by atoms with van der Waals surface area (Å²) >= 11 is 12.7. The molecule has 2 aliphatic heterocycles. The first-order valence-electron chi connectivity index (χ1n) is 12.6. The SMILES string of the molecule is Cc1nn(-c2ccccc2)c2c1[C@@H](c1cccc(Cl)c1)N1C(=N2)C(Nc2ccc(Cl)cc2)=Nc2ccccc21. The summed E-state index contributed by atoms with van der Waals surface area (Å²) in [5.41, 5.74) is 6.55. The minimum Gasteiger partial charge on any atom is -0.337 e. The number of aryl methyl sites for hydroxylation is 1. The third kappa shape index (κ3) is 4.09. The van der Waals surface area contributed by atoms with E-state index in [0.29, 0.717) is 21.7 Å². The van der Waals surface area contributed by atoms with Crippen LogP contribution in [0, 0.1) is 6.92 Å². The van der Waals surface area contributed by atoms with Gasteiger partial charge in [-0.15, -0.1) is 0 Å². The number of hydrogen-bond acceptors (Lipinski definition) is 5. The lowest BCUT2D eigenvalue weighted by Crippen LogP contribution is -2.46. The molecule has 0 aliphatic carbocycles. The molecule has 5 aromatic rings. The van der Waals surface area contributed by atoms with Crippen molar-refractivity contribution in [2.75, 3.05) is 10.2 Å². The lowest BCUT2D eigenvalue weighted by Gasteiger charge is -2.40. The summed E-state index contributed by atoms with van der Waals surface area (Å²) in [6.45, 7) is 2.03. The second-order valence-corrected chi connectivity index (χ2v) is 10.3. The number of rotatable bonds is 3. The van der Waals surface area contributed by atoms with Crippen LogP contribution in [0.5, 0.6) is 0 Å². The van der Waals surface area contributed by atoms with Gasteiger partial charge in [0.15, 0.2) is 17.5 Å². The van der Waals surface area contributed by atoms with E-state index in [0.717, 1.165) is 45.4 Å². The fourth-order valence-electron chi connectivity index (χ4n) is 5.21. The van der Waals surface area contributed by atoms with Gasteiger partial charge in [0.05, 0.1) is 28.8 Å². The number of aliphatic imine (C=N–C) groups is 2. The van der Waals surface area contributed by atoms with Crippen molar-refractivity contribution < 1.29 is 0 Å². The summed E-state index contributed by atoms with van der Waals surface area (Å²) in [5, 5.41) is 9.80. The van der Waals surface area contributed by atoms with E-state index < -0.39 is 0 Å². The Hall–Kier alpha value is -4.39. The van der Waals surface area contributed by atoms with Crippen LogP contribution in [0.4, 0.5) is 22.9 Å². The number of benzene rings is 4. The van der Waals surface area contributed by atoms with E-state index in [2.05, 4.69) is 22.3 Å². The zero-order chi connectivity index (χ0) is 26.5. The summed E-state index contributed by atoms with van der Waals surface area (Å²) in [7, 11) is 0. The van der Waals surface area contributed by atoms with Crippen LogP contribution < -0.4 is 10.2 Å². The molecule has 0 radical (unpaired) electrons.